The van der Waals surface area contributed by atoms with Crippen LogP contribution in [0, 0.1) is 11.8 Å². The molecule has 1 aliphatic carbocycles. The van der Waals surface area contributed by atoms with Crippen molar-refractivity contribution < 1.29 is 0 Å². The first-order chi connectivity index (χ1) is 9.29. The molecule has 0 N–H and O–H groups in total. The largest absolute Gasteiger partial charge is 0.103 e. The highest BCUT2D eigenvalue weighted by molar-refractivity contribution is 7.58. The Morgan fingerprint density at radius 2 is 1.68 bits per heavy atom. The average Bonchev–Trinajstić information content (AvgIpc) is 2.45. The lowest BCUT2D eigenvalue weighted by atomic mass is 9.90. The first-order valence-corrected chi connectivity index (χ1v) is 10.5. The molecule has 1 aliphatic heterocycles. The fourth-order valence-corrected chi connectivity index (χ4v) is 7.00. The van der Waals surface area contributed by atoms with Gasteiger partial charge in [0.05, 0.1) is 0 Å². The van der Waals surface area contributed by atoms with Gasteiger partial charge in [0, 0.05) is 0 Å². The summed E-state index contributed by atoms with van der Waals surface area (Å²) in [5.74, 6) is 1.95. The van der Waals surface area contributed by atoms with E-state index in [1.165, 1.54) is 44.9 Å². The SMILES string of the molecule is CCCC/C=C/C1CCP(C2CCC(C)CC2)CC1. The molecule has 110 valence electrons. The molecule has 0 amide bonds. The van der Waals surface area contributed by atoms with Gasteiger partial charge in [-0.3, -0.25) is 0 Å². The Kier molecular flexibility index (Phi) is 6.92. The molecular formula is C18H33P. The van der Waals surface area contributed by atoms with Crippen molar-refractivity contribution in [3.63, 3.8) is 0 Å². The summed E-state index contributed by atoms with van der Waals surface area (Å²) in [5, 5.41) is 0. The molecule has 0 bridgehead atoms. The molecule has 1 heterocycles. The van der Waals surface area contributed by atoms with Crippen molar-refractivity contribution >= 4 is 7.92 Å². The van der Waals surface area contributed by atoms with Crippen LogP contribution in [0.15, 0.2) is 12.2 Å². The van der Waals surface area contributed by atoms with E-state index in [0.717, 1.165) is 17.5 Å². The Labute approximate surface area is 122 Å². The first kappa shape index (κ1) is 15.6. The zero-order valence-electron chi connectivity index (χ0n) is 13.1. The molecule has 2 fully saturated rings. The maximum atomic E-state index is 2.55. The highest BCUT2D eigenvalue weighted by Gasteiger charge is 2.28. The minimum Gasteiger partial charge on any atom is -0.103 e. The molecule has 2 aliphatic rings. The van der Waals surface area contributed by atoms with Crippen LogP contribution < -0.4 is 0 Å². The Morgan fingerprint density at radius 1 is 1.00 bits per heavy atom. The lowest BCUT2D eigenvalue weighted by Gasteiger charge is -2.37. The molecule has 2 rings (SSSR count). The van der Waals surface area contributed by atoms with Crippen molar-refractivity contribution in [3.05, 3.63) is 12.2 Å². The van der Waals surface area contributed by atoms with Crippen molar-refractivity contribution in [2.24, 2.45) is 11.8 Å². The van der Waals surface area contributed by atoms with Gasteiger partial charge in [-0.25, -0.2) is 0 Å². The minimum absolute atomic E-state index is 0.409. The third kappa shape index (κ3) is 5.22. The maximum absolute atomic E-state index is 2.55. The molecule has 0 spiro atoms. The maximum Gasteiger partial charge on any atom is -0.0209 e. The van der Waals surface area contributed by atoms with E-state index < -0.39 is 0 Å². The normalized spacial score (nSPS) is 36.7. The summed E-state index contributed by atoms with van der Waals surface area (Å²) in [6, 6.07) is 0. The second-order valence-electron chi connectivity index (χ2n) is 6.86. The summed E-state index contributed by atoms with van der Waals surface area (Å²) in [4.78, 5) is 0. The zero-order chi connectivity index (χ0) is 13.5. The Morgan fingerprint density at radius 3 is 2.32 bits per heavy atom. The molecule has 0 aromatic rings. The molecule has 1 saturated heterocycles. The van der Waals surface area contributed by atoms with Crippen LogP contribution in [0.25, 0.3) is 0 Å². The van der Waals surface area contributed by atoms with Crippen molar-refractivity contribution in [1.82, 2.24) is 0 Å². The van der Waals surface area contributed by atoms with E-state index >= 15 is 0 Å². The second kappa shape index (κ2) is 8.46. The molecule has 0 aromatic heterocycles. The Hall–Kier alpha value is 0.170. The van der Waals surface area contributed by atoms with Gasteiger partial charge < -0.3 is 0 Å². The average molecular weight is 280 g/mol. The van der Waals surface area contributed by atoms with Gasteiger partial charge in [0.25, 0.3) is 0 Å². The topological polar surface area (TPSA) is 0 Å². The van der Waals surface area contributed by atoms with Gasteiger partial charge in [-0.05, 0) is 61.9 Å². The van der Waals surface area contributed by atoms with Crippen molar-refractivity contribution in [2.75, 3.05) is 12.3 Å². The molecule has 19 heavy (non-hydrogen) atoms. The molecule has 1 heteroatoms. The number of rotatable bonds is 5. The monoisotopic (exact) mass is 280 g/mol. The van der Waals surface area contributed by atoms with E-state index in [2.05, 4.69) is 26.0 Å². The summed E-state index contributed by atoms with van der Waals surface area (Å²) < 4.78 is 0. The van der Waals surface area contributed by atoms with Crippen LogP contribution in [0.3, 0.4) is 0 Å². The summed E-state index contributed by atoms with van der Waals surface area (Å²) in [5.41, 5.74) is 1.15. The summed E-state index contributed by atoms with van der Waals surface area (Å²) in [7, 11) is 0.409. The van der Waals surface area contributed by atoms with E-state index in [4.69, 9.17) is 0 Å². The van der Waals surface area contributed by atoms with Crippen molar-refractivity contribution in [1.29, 1.82) is 0 Å². The van der Waals surface area contributed by atoms with Gasteiger partial charge in [0.15, 0.2) is 0 Å². The molecule has 0 aromatic carbocycles. The smallest absolute Gasteiger partial charge is 0.0209 e. The fourth-order valence-electron chi connectivity index (χ4n) is 3.70. The van der Waals surface area contributed by atoms with Crippen LogP contribution in [0.4, 0.5) is 0 Å². The lowest BCUT2D eigenvalue weighted by Crippen LogP contribution is -2.21. The Bertz CT molecular complexity index is 255. The lowest BCUT2D eigenvalue weighted by molar-refractivity contribution is 0.388. The van der Waals surface area contributed by atoms with Gasteiger partial charge in [-0.15, -0.1) is 7.92 Å². The van der Waals surface area contributed by atoms with E-state index in [0.29, 0.717) is 7.92 Å². The molecule has 0 radical (unpaired) electrons. The van der Waals surface area contributed by atoms with E-state index in [9.17, 15) is 0 Å². The van der Waals surface area contributed by atoms with E-state index in [-0.39, 0.29) is 0 Å². The van der Waals surface area contributed by atoms with Crippen LogP contribution in [0.5, 0.6) is 0 Å². The molecule has 1 saturated carbocycles. The number of hydrogen-bond acceptors (Lipinski definition) is 0. The molecule has 0 atom stereocenters. The first-order valence-electron chi connectivity index (χ1n) is 8.70. The van der Waals surface area contributed by atoms with Gasteiger partial charge in [-0.1, -0.05) is 51.7 Å². The van der Waals surface area contributed by atoms with Gasteiger partial charge >= 0.3 is 0 Å². The van der Waals surface area contributed by atoms with Crippen LogP contribution >= 0.6 is 7.92 Å². The third-order valence-electron chi connectivity index (χ3n) is 5.21. The van der Waals surface area contributed by atoms with Crippen LogP contribution in [0.2, 0.25) is 0 Å². The van der Waals surface area contributed by atoms with Crippen molar-refractivity contribution in [3.8, 4) is 0 Å². The summed E-state index contributed by atoms with van der Waals surface area (Å²) >= 11 is 0. The predicted molar refractivity (Wildman–Crippen MR) is 89.5 cm³/mol. The highest BCUT2D eigenvalue weighted by Crippen LogP contribution is 2.53. The van der Waals surface area contributed by atoms with Gasteiger partial charge in [0.1, 0.15) is 0 Å². The van der Waals surface area contributed by atoms with Crippen molar-refractivity contribution in [2.45, 2.75) is 77.3 Å². The quantitative estimate of drug-likeness (QED) is 0.319. The minimum atomic E-state index is 0.409. The van der Waals surface area contributed by atoms with E-state index in [1.54, 1.807) is 25.2 Å². The highest BCUT2D eigenvalue weighted by atomic mass is 31.1. The standard InChI is InChI=1S/C18H33P/c1-3-4-5-6-7-17-12-14-19(15-13-17)18-10-8-16(2)9-11-18/h6-7,16-18H,3-5,8-15H2,1-2H3/b7-6+. The number of unbranched alkanes of at least 4 members (excludes halogenated alkanes) is 2. The number of allylic oxidation sites excluding steroid dienone is 2. The van der Waals surface area contributed by atoms with Crippen LogP contribution in [-0.4, -0.2) is 18.0 Å². The second-order valence-corrected chi connectivity index (χ2v) is 9.66. The van der Waals surface area contributed by atoms with Crippen LogP contribution in [0.1, 0.15) is 71.6 Å². The predicted octanol–water partition coefficient (Wildman–Crippen LogP) is 6.20. The van der Waals surface area contributed by atoms with Crippen LogP contribution in [-0.2, 0) is 0 Å². The zero-order valence-corrected chi connectivity index (χ0v) is 14.0. The molecule has 0 nitrogen and oxygen atoms in total. The Balaban J connectivity index is 1.66. The van der Waals surface area contributed by atoms with Gasteiger partial charge in [0.2, 0.25) is 0 Å². The molecule has 0 unspecified atom stereocenters. The van der Waals surface area contributed by atoms with Gasteiger partial charge in [-0.2, -0.15) is 0 Å². The third-order valence-corrected chi connectivity index (χ3v) is 8.42. The molecular weight excluding hydrogens is 247 g/mol. The summed E-state index contributed by atoms with van der Waals surface area (Å²) in [6.07, 6.45) is 21.3. The number of hydrogen-bond donors (Lipinski definition) is 0. The van der Waals surface area contributed by atoms with E-state index in [1.807, 2.05) is 0 Å². The summed E-state index contributed by atoms with van der Waals surface area (Å²) in [6.45, 7) is 4.73. The fraction of sp³-hybridized carbons (Fsp3) is 0.889.